The molecule has 1 amide bonds. The number of fused-ring (bicyclic) bond motifs is 1. The fourth-order valence-electron chi connectivity index (χ4n) is 3.60. The molecular weight excluding hydrogens is 322 g/mol. The molecule has 0 unspecified atom stereocenters. The average molecular weight is 343 g/mol. The summed E-state index contributed by atoms with van der Waals surface area (Å²) < 4.78 is 16.9. The van der Waals surface area contributed by atoms with Gasteiger partial charge in [-0.05, 0) is 19.1 Å². The van der Waals surface area contributed by atoms with Crippen molar-refractivity contribution < 1.29 is 18.7 Å². The van der Waals surface area contributed by atoms with Crippen molar-refractivity contribution in [1.29, 1.82) is 0 Å². The lowest BCUT2D eigenvalue weighted by Crippen LogP contribution is -2.39. The number of nitrogens with zero attached hydrogens (tertiary/aromatic N) is 3. The van der Waals surface area contributed by atoms with E-state index in [1.165, 1.54) is 0 Å². The molecule has 4 rings (SSSR count). The lowest BCUT2D eigenvalue weighted by Gasteiger charge is -2.23. The maximum atomic E-state index is 12.6. The summed E-state index contributed by atoms with van der Waals surface area (Å²) in [6, 6.07) is 7.67. The molecule has 2 fully saturated rings. The third-order valence-electron chi connectivity index (χ3n) is 5.06. The van der Waals surface area contributed by atoms with Gasteiger partial charge in [-0.2, -0.15) is 0 Å². The second-order valence-electron chi connectivity index (χ2n) is 6.87. The van der Waals surface area contributed by atoms with Gasteiger partial charge >= 0.3 is 0 Å². The number of hydrogen-bond donors (Lipinski definition) is 0. The second kappa shape index (κ2) is 6.15. The highest BCUT2D eigenvalue weighted by Crippen LogP contribution is 2.43. The largest absolute Gasteiger partial charge is 0.484 e. The van der Waals surface area contributed by atoms with Gasteiger partial charge in [0.2, 0.25) is 11.8 Å². The Hall–Kier alpha value is -2.41. The van der Waals surface area contributed by atoms with E-state index in [0.29, 0.717) is 43.8 Å². The van der Waals surface area contributed by atoms with E-state index in [-0.39, 0.29) is 23.8 Å². The monoisotopic (exact) mass is 343 g/mol. The standard InChI is InChI=1S/C18H21N3O4/c1-12-3-5-15(6-4-12)24-9-16(22)21-7-14-8-23-11-18(14,10-21)17-20-19-13(2)25-17/h3-6,14H,7-11H2,1-2H3/t14-,18-/m1/s1. The van der Waals surface area contributed by atoms with Crippen molar-refractivity contribution in [1.82, 2.24) is 15.1 Å². The molecule has 0 saturated carbocycles. The van der Waals surface area contributed by atoms with Crippen LogP contribution in [0.1, 0.15) is 17.3 Å². The van der Waals surface area contributed by atoms with Crippen molar-refractivity contribution >= 4 is 5.91 Å². The third kappa shape index (κ3) is 2.89. The molecular formula is C18H21N3O4. The number of benzene rings is 1. The number of amides is 1. The zero-order valence-corrected chi connectivity index (χ0v) is 14.4. The number of aryl methyl sites for hydroxylation is 2. The van der Waals surface area contributed by atoms with Gasteiger partial charge in [0, 0.05) is 25.9 Å². The SMILES string of the molecule is Cc1ccc(OCC(=O)N2C[C@@H]3COC[C@]3(c3nnc(C)o3)C2)cc1. The van der Waals surface area contributed by atoms with Crippen molar-refractivity contribution in [3.63, 3.8) is 0 Å². The normalized spacial score (nSPS) is 25.2. The Morgan fingerprint density at radius 2 is 2.12 bits per heavy atom. The molecule has 2 aromatic rings. The topological polar surface area (TPSA) is 77.7 Å². The molecule has 0 radical (unpaired) electrons. The van der Waals surface area contributed by atoms with Crippen LogP contribution in [0.25, 0.3) is 0 Å². The van der Waals surface area contributed by atoms with Gasteiger partial charge < -0.3 is 18.8 Å². The van der Waals surface area contributed by atoms with Crippen LogP contribution in [-0.2, 0) is 14.9 Å². The Kier molecular flexibility index (Phi) is 3.95. The van der Waals surface area contributed by atoms with Crippen LogP contribution < -0.4 is 4.74 Å². The zero-order chi connectivity index (χ0) is 17.4. The molecule has 132 valence electrons. The van der Waals surface area contributed by atoms with Gasteiger partial charge in [-0.15, -0.1) is 10.2 Å². The highest BCUT2D eigenvalue weighted by atomic mass is 16.5. The van der Waals surface area contributed by atoms with E-state index in [1.807, 2.05) is 36.1 Å². The molecule has 3 heterocycles. The average Bonchev–Trinajstić information content (AvgIpc) is 3.27. The molecule has 2 atom stereocenters. The first-order valence-electron chi connectivity index (χ1n) is 8.42. The minimum Gasteiger partial charge on any atom is -0.484 e. The van der Waals surface area contributed by atoms with Crippen molar-refractivity contribution in [2.45, 2.75) is 19.3 Å². The molecule has 1 aromatic heterocycles. The molecule has 2 saturated heterocycles. The van der Waals surface area contributed by atoms with E-state index >= 15 is 0 Å². The van der Waals surface area contributed by atoms with Gasteiger partial charge in [0.1, 0.15) is 5.75 Å². The van der Waals surface area contributed by atoms with Gasteiger partial charge in [-0.1, -0.05) is 17.7 Å². The van der Waals surface area contributed by atoms with Crippen LogP contribution >= 0.6 is 0 Å². The van der Waals surface area contributed by atoms with E-state index in [4.69, 9.17) is 13.9 Å². The van der Waals surface area contributed by atoms with Gasteiger partial charge in [0.25, 0.3) is 5.91 Å². The summed E-state index contributed by atoms with van der Waals surface area (Å²) in [4.78, 5) is 14.4. The van der Waals surface area contributed by atoms with Gasteiger partial charge in [0.15, 0.2) is 6.61 Å². The first-order chi connectivity index (χ1) is 12.1. The minimum atomic E-state index is -0.388. The van der Waals surface area contributed by atoms with Crippen LogP contribution in [0.2, 0.25) is 0 Å². The zero-order valence-electron chi connectivity index (χ0n) is 14.4. The lowest BCUT2D eigenvalue weighted by molar-refractivity contribution is -0.132. The summed E-state index contributed by atoms with van der Waals surface area (Å²) in [7, 11) is 0. The van der Waals surface area contributed by atoms with Crippen molar-refractivity contribution in [2.75, 3.05) is 32.9 Å². The van der Waals surface area contributed by atoms with Crippen molar-refractivity contribution in [2.24, 2.45) is 5.92 Å². The number of ether oxygens (including phenoxy) is 2. The third-order valence-corrected chi connectivity index (χ3v) is 5.06. The Morgan fingerprint density at radius 3 is 2.84 bits per heavy atom. The molecule has 0 aliphatic carbocycles. The van der Waals surface area contributed by atoms with E-state index in [0.717, 1.165) is 5.56 Å². The first-order valence-corrected chi connectivity index (χ1v) is 8.42. The highest BCUT2D eigenvalue weighted by molar-refractivity contribution is 5.78. The van der Waals surface area contributed by atoms with Crippen LogP contribution in [0, 0.1) is 19.8 Å². The molecule has 25 heavy (non-hydrogen) atoms. The maximum absolute atomic E-state index is 12.6. The molecule has 0 bridgehead atoms. The van der Waals surface area contributed by atoms with Crippen LogP contribution in [-0.4, -0.2) is 53.9 Å². The van der Waals surface area contributed by atoms with Gasteiger partial charge in [-0.3, -0.25) is 4.79 Å². The van der Waals surface area contributed by atoms with Crippen LogP contribution in [0.15, 0.2) is 28.7 Å². The summed E-state index contributed by atoms with van der Waals surface area (Å²) in [5.41, 5.74) is 0.767. The number of likely N-dealkylation sites (tertiary alicyclic amines) is 1. The highest BCUT2D eigenvalue weighted by Gasteiger charge is 2.56. The molecule has 7 nitrogen and oxygen atoms in total. The van der Waals surface area contributed by atoms with E-state index in [1.54, 1.807) is 6.92 Å². The number of carbonyl (C=O) groups is 1. The second-order valence-corrected chi connectivity index (χ2v) is 6.87. The Balaban J connectivity index is 1.44. The van der Waals surface area contributed by atoms with Gasteiger partial charge in [0.05, 0.1) is 18.6 Å². The predicted octanol–water partition coefficient (Wildman–Crippen LogP) is 1.49. The first kappa shape index (κ1) is 16.1. The Bertz CT molecular complexity index is 773. The van der Waals surface area contributed by atoms with E-state index in [9.17, 15) is 4.79 Å². The van der Waals surface area contributed by atoms with E-state index in [2.05, 4.69) is 10.2 Å². The maximum Gasteiger partial charge on any atom is 0.260 e. The quantitative estimate of drug-likeness (QED) is 0.837. The molecule has 0 spiro atoms. The molecule has 0 N–H and O–H groups in total. The molecule has 2 aliphatic heterocycles. The van der Waals surface area contributed by atoms with Crippen molar-refractivity contribution in [3.8, 4) is 5.75 Å². The number of hydrogen-bond acceptors (Lipinski definition) is 6. The summed E-state index contributed by atoms with van der Waals surface area (Å²) in [6.45, 7) is 6.05. The van der Waals surface area contributed by atoms with Crippen LogP contribution in [0.3, 0.4) is 0 Å². The number of carbonyl (C=O) groups excluding carboxylic acids is 1. The summed E-state index contributed by atoms with van der Waals surface area (Å²) in [5.74, 6) is 1.94. The fraction of sp³-hybridized carbons (Fsp3) is 0.500. The summed E-state index contributed by atoms with van der Waals surface area (Å²) in [5, 5.41) is 8.13. The summed E-state index contributed by atoms with van der Waals surface area (Å²) >= 11 is 0. The minimum absolute atomic E-state index is 0.0234. The Morgan fingerprint density at radius 1 is 1.32 bits per heavy atom. The van der Waals surface area contributed by atoms with Crippen LogP contribution in [0.4, 0.5) is 0 Å². The molecule has 2 aliphatic rings. The summed E-state index contributed by atoms with van der Waals surface area (Å²) in [6.07, 6.45) is 0. The number of rotatable bonds is 4. The fourth-order valence-corrected chi connectivity index (χ4v) is 3.60. The van der Waals surface area contributed by atoms with Crippen molar-refractivity contribution in [3.05, 3.63) is 41.6 Å². The predicted molar refractivity (Wildman–Crippen MR) is 88.3 cm³/mol. The van der Waals surface area contributed by atoms with Crippen LogP contribution in [0.5, 0.6) is 5.75 Å². The molecule has 7 heteroatoms. The molecule has 1 aromatic carbocycles. The number of aromatic nitrogens is 2. The Labute approximate surface area is 145 Å². The smallest absolute Gasteiger partial charge is 0.260 e. The van der Waals surface area contributed by atoms with E-state index < -0.39 is 0 Å². The lowest BCUT2D eigenvalue weighted by atomic mass is 9.81. The van der Waals surface area contributed by atoms with Gasteiger partial charge in [-0.25, -0.2) is 0 Å².